The smallest absolute Gasteiger partial charge is 0.410 e. The molecular weight excluding hydrogens is 264 g/mol. The topological polar surface area (TPSA) is 42.4 Å². The van der Waals surface area contributed by atoms with Gasteiger partial charge in [0.1, 0.15) is 5.75 Å². The second kappa shape index (κ2) is 6.39. The Bertz CT molecular complexity index is 586. The molecule has 4 nitrogen and oxygen atoms in total. The van der Waals surface area contributed by atoms with Crippen molar-refractivity contribution >= 4 is 6.09 Å². The lowest BCUT2D eigenvalue weighted by atomic mass is 9.97. The molecule has 1 atom stereocenters. The van der Waals surface area contributed by atoms with Gasteiger partial charge in [0.15, 0.2) is 0 Å². The maximum absolute atomic E-state index is 12.4. The standard InChI is InChI=1S/C17H18N2O2/c20-17(21-15-8-2-1-3-9-15)19-12-5-4-10-16(19)14-7-6-11-18-13-14/h1-3,6-9,11,13,16H,4-5,10,12H2/t16-/m0/s1. The molecule has 1 aliphatic heterocycles. The zero-order valence-electron chi connectivity index (χ0n) is 11.8. The molecule has 0 saturated carbocycles. The Kier molecular flexibility index (Phi) is 4.15. The van der Waals surface area contributed by atoms with E-state index < -0.39 is 0 Å². The number of piperidine rings is 1. The fourth-order valence-corrected chi connectivity index (χ4v) is 2.72. The lowest BCUT2D eigenvalue weighted by molar-refractivity contribution is 0.113. The first-order chi connectivity index (χ1) is 10.3. The number of hydrogen-bond donors (Lipinski definition) is 0. The zero-order chi connectivity index (χ0) is 14.5. The summed E-state index contributed by atoms with van der Waals surface area (Å²) in [5.41, 5.74) is 1.07. The van der Waals surface area contributed by atoms with Crippen LogP contribution in [-0.2, 0) is 0 Å². The third-order valence-electron chi connectivity index (χ3n) is 3.75. The van der Waals surface area contributed by atoms with E-state index in [0.717, 1.165) is 31.4 Å². The maximum Gasteiger partial charge on any atom is 0.415 e. The number of rotatable bonds is 2. The number of carbonyl (C=O) groups excluding carboxylic acids is 1. The normalized spacial score (nSPS) is 18.3. The molecule has 0 unspecified atom stereocenters. The quantitative estimate of drug-likeness (QED) is 0.841. The highest BCUT2D eigenvalue weighted by atomic mass is 16.6. The lowest BCUT2D eigenvalue weighted by Crippen LogP contribution is -2.40. The van der Waals surface area contributed by atoms with Crippen LogP contribution in [0.2, 0.25) is 0 Å². The Morgan fingerprint density at radius 3 is 2.76 bits per heavy atom. The minimum atomic E-state index is -0.283. The highest BCUT2D eigenvalue weighted by molar-refractivity contribution is 5.71. The van der Waals surface area contributed by atoms with Gasteiger partial charge in [0.05, 0.1) is 6.04 Å². The molecule has 21 heavy (non-hydrogen) atoms. The largest absolute Gasteiger partial charge is 0.415 e. The summed E-state index contributed by atoms with van der Waals surface area (Å²) in [6.07, 6.45) is 6.39. The van der Waals surface area contributed by atoms with Crippen molar-refractivity contribution in [3.05, 3.63) is 60.4 Å². The monoisotopic (exact) mass is 282 g/mol. The van der Waals surface area contributed by atoms with Gasteiger partial charge in [-0.2, -0.15) is 0 Å². The van der Waals surface area contributed by atoms with E-state index in [9.17, 15) is 4.79 Å². The van der Waals surface area contributed by atoms with Gasteiger partial charge in [-0.25, -0.2) is 4.79 Å². The number of benzene rings is 1. The maximum atomic E-state index is 12.4. The number of amides is 1. The van der Waals surface area contributed by atoms with Crippen molar-refractivity contribution in [2.45, 2.75) is 25.3 Å². The van der Waals surface area contributed by atoms with Gasteiger partial charge >= 0.3 is 6.09 Å². The fraction of sp³-hybridized carbons (Fsp3) is 0.294. The molecule has 1 aromatic heterocycles. The van der Waals surface area contributed by atoms with Crippen molar-refractivity contribution in [3.63, 3.8) is 0 Å². The highest BCUT2D eigenvalue weighted by Crippen LogP contribution is 2.31. The molecule has 4 heteroatoms. The molecule has 0 radical (unpaired) electrons. The first-order valence-corrected chi connectivity index (χ1v) is 7.28. The van der Waals surface area contributed by atoms with Crippen molar-refractivity contribution in [1.82, 2.24) is 9.88 Å². The predicted molar refractivity (Wildman–Crippen MR) is 80.0 cm³/mol. The molecule has 3 rings (SSSR count). The van der Waals surface area contributed by atoms with E-state index in [0.29, 0.717) is 5.75 Å². The van der Waals surface area contributed by atoms with Crippen LogP contribution < -0.4 is 4.74 Å². The molecule has 1 amide bonds. The Morgan fingerprint density at radius 1 is 1.14 bits per heavy atom. The van der Waals surface area contributed by atoms with Gasteiger partial charge in [-0.1, -0.05) is 24.3 Å². The van der Waals surface area contributed by atoms with E-state index in [-0.39, 0.29) is 12.1 Å². The summed E-state index contributed by atoms with van der Waals surface area (Å²) in [4.78, 5) is 18.4. The van der Waals surface area contributed by atoms with Crippen LogP contribution in [0.3, 0.4) is 0 Å². The van der Waals surface area contributed by atoms with Crippen molar-refractivity contribution in [2.24, 2.45) is 0 Å². The van der Waals surface area contributed by atoms with Gasteiger partial charge in [-0.15, -0.1) is 0 Å². The van der Waals surface area contributed by atoms with Gasteiger partial charge in [-0.05, 0) is 43.0 Å². The number of hydrogen-bond acceptors (Lipinski definition) is 3. The Balaban J connectivity index is 1.76. The Morgan fingerprint density at radius 2 is 2.00 bits per heavy atom. The lowest BCUT2D eigenvalue weighted by Gasteiger charge is -2.34. The number of para-hydroxylation sites is 1. The average molecular weight is 282 g/mol. The van der Waals surface area contributed by atoms with Crippen LogP contribution in [-0.4, -0.2) is 22.5 Å². The number of aromatic nitrogens is 1. The Labute approximate surface area is 124 Å². The number of nitrogens with zero attached hydrogens (tertiary/aromatic N) is 2. The number of pyridine rings is 1. The molecule has 0 bridgehead atoms. The number of likely N-dealkylation sites (tertiary alicyclic amines) is 1. The molecule has 0 spiro atoms. The van der Waals surface area contributed by atoms with Gasteiger partial charge in [0, 0.05) is 18.9 Å². The SMILES string of the molecule is O=C(Oc1ccccc1)N1CCCC[C@H]1c1cccnc1. The van der Waals surface area contributed by atoms with Crippen LogP contribution in [0.25, 0.3) is 0 Å². The second-order valence-electron chi connectivity index (χ2n) is 5.17. The van der Waals surface area contributed by atoms with Crippen molar-refractivity contribution in [3.8, 4) is 5.75 Å². The van der Waals surface area contributed by atoms with E-state index in [1.165, 1.54) is 0 Å². The van der Waals surface area contributed by atoms with Crippen molar-refractivity contribution < 1.29 is 9.53 Å². The molecule has 1 saturated heterocycles. The van der Waals surface area contributed by atoms with Gasteiger partial charge < -0.3 is 9.64 Å². The summed E-state index contributed by atoms with van der Waals surface area (Å²) in [7, 11) is 0. The van der Waals surface area contributed by atoms with Crippen molar-refractivity contribution in [2.75, 3.05) is 6.54 Å². The summed E-state index contributed by atoms with van der Waals surface area (Å²) < 4.78 is 5.47. The van der Waals surface area contributed by atoms with E-state index in [2.05, 4.69) is 4.98 Å². The molecule has 1 aromatic carbocycles. The van der Waals surface area contributed by atoms with Crippen LogP contribution in [0, 0.1) is 0 Å². The summed E-state index contributed by atoms with van der Waals surface area (Å²) in [5.74, 6) is 0.581. The van der Waals surface area contributed by atoms with E-state index >= 15 is 0 Å². The van der Waals surface area contributed by atoms with Crippen LogP contribution >= 0.6 is 0 Å². The number of ether oxygens (including phenoxy) is 1. The second-order valence-corrected chi connectivity index (χ2v) is 5.17. The molecule has 1 fully saturated rings. The molecular formula is C17H18N2O2. The zero-order valence-corrected chi connectivity index (χ0v) is 11.8. The summed E-state index contributed by atoms with van der Waals surface area (Å²) >= 11 is 0. The fourth-order valence-electron chi connectivity index (χ4n) is 2.72. The molecule has 108 valence electrons. The van der Waals surface area contributed by atoms with Crippen LogP contribution in [0.15, 0.2) is 54.9 Å². The predicted octanol–water partition coefficient (Wildman–Crippen LogP) is 3.81. The first-order valence-electron chi connectivity index (χ1n) is 7.28. The average Bonchev–Trinajstić information content (AvgIpc) is 2.56. The van der Waals surface area contributed by atoms with Crippen LogP contribution in [0.5, 0.6) is 5.75 Å². The minimum Gasteiger partial charge on any atom is -0.410 e. The highest BCUT2D eigenvalue weighted by Gasteiger charge is 2.29. The van der Waals surface area contributed by atoms with E-state index in [1.54, 1.807) is 18.3 Å². The third-order valence-corrected chi connectivity index (χ3v) is 3.75. The van der Waals surface area contributed by atoms with E-state index in [1.807, 2.05) is 41.4 Å². The third kappa shape index (κ3) is 3.21. The molecule has 2 aromatic rings. The van der Waals surface area contributed by atoms with Crippen LogP contribution in [0.4, 0.5) is 4.79 Å². The summed E-state index contributed by atoms with van der Waals surface area (Å²) in [6.45, 7) is 0.727. The Hall–Kier alpha value is -2.36. The van der Waals surface area contributed by atoms with Crippen molar-refractivity contribution in [1.29, 1.82) is 0 Å². The molecule has 0 aliphatic carbocycles. The first kappa shape index (κ1) is 13.6. The molecule has 0 N–H and O–H groups in total. The van der Waals surface area contributed by atoms with Gasteiger partial charge in [-0.3, -0.25) is 4.98 Å². The van der Waals surface area contributed by atoms with Gasteiger partial charge in [0.2, 0.25) is 0 Å². The minimum absolute atomic E-state index is 0.0589. The van der Waals surface area contributed by atoms with E-state index in [4.69, 9.17) is 4.74 Å². The summed E-state index contributed by atoms with van der Waals surface area (Å²) in [5, 5.41) is 0. The summed E-state index contributed by atoms with van der Waals surface area (Å²) in [6, 6.07) is 13.2. The molecule has 1 aliphatic rings. The van der Waals surface area contributed by atoms with Gasteiger partial charge in [0.25, 0.3) is 0 Å². The molecule has 2 heterocycles. The number of carbonyl (C=O) groups is 1. The van der Waals surface area contributed by atoms with Crippen LogP contribution in [0.1, 0.15) is 30.9 Å².